The van der Waals surface area contributed by atoms with Crippen molar-refractivity contribution >= 4 is 11.3 Å². The number of nitrogens with zero attached hydrogens (tertiary/aromatic N) is 3. The van der Waals surface area contributed by atoms with E-state index < -0.39 is 0 Å². The van der Waals surface area contributed by atoms with Crippen LogP contribution in [-0.2, 0) is 6.42 Å². The lowest BCUT2D eigenvalue weighted by atomic mass is 10.2. The van der Waals surface area contributed by atoms with E-state index in [-0.39, 0.29) is 0 Å². The van der Waals surface area contributed by atoms with Crippen molar-refractivity contribution in [3.8, 4) is 0 Å². The molecule has 0 aliphatic heterocycles. The highest BCUT2D eigenvalue weighted by atomic mass is 15.3. The summed E-state index contributed by atoms with van der Waals surface area (Å²) in [6.07, 6.45) is 3.26. The van der Waals surface area contributed by atoms with Gasteiger partial charge in [-0.2, -0.15) is 0 Å². The number of pyridine rings is 1. The van der Waals surface area contributed by atoms with Crippen LogP contribution in [0.4, 0.5) is 5.69 Å². The Morgan fingerprint density at radius 2 is 2.13 bits per heavy atom. The lowest BCUT2D eigenvalue weighted by Crippen LogP contribution is -2.00. The van der Waals surface area contributed by atoms with Crippen LogP contribution in [-0.4, -0.2) is 14.6 Å². The largest absolute Gasteiger partial charge is 0.396 e. The van der Waals surface area contributed by atoms with Gasteiger partial charge >= 0.3 is 0 Å². The fourth-order valence-corrected chi connectivity index (χ4v) is 1.73. The minimum atomic E-state index is 0.691. The van der Waals surface area contributed by atoms with E-state index in [4.69, 9.17) is 5.73 Å². The Morgan fingerprint density at radius 3 is 2.87 bits per heavy atom. The molecule has 15 heavy (non-hydrogen) atoms. The highest BCUT2D eigenvalue weighted by molar-refractivity contribution is 5.64. The molecule has 0 aromatic carbocycles. The van der Waals surface area contributed by atoms with Gasteiger partial charge in [0.2, 0.25) is 0 Å². The summed E-state index contributed by atoms with van der Waals surface area (Å²) < 4.78 is 2.05. The zero-order valence-electron chi connectivity index (χ0n) is 9.20. The number of hydrogen-bond acceptors (Lipinski definition) is 3. The molecule has 0 atom stereocenters. The molecule has 0 aliphatic carbocycles. The van der Waals surface area contributed by atoms with E-state index in [1.807, 2.05) is 23.5 Å². The minimum Gasteiger partial charge on any atom is -0.396 e. The monoisotopic (exact) mass is 204 g/mol. The van der Waals surface area contributed by atoms with Gasteiger partial charge in [-0.25, -0.2) is 0 Å². The first-order valence-corrected chi connectivity index (χ1v) is 5.33. The first-order valence-electron chi connectivity index (χ1n) is 5.33. The predicted molar refractivity (Wildman–Crippen MR) is 60.7 cm³/mol. The number of nitrogens with two attached hydrogens (primary N) is 1. The van der Waals surface area contributed by atoms with Crippen molar-refractivity contribution in [2.45, 2.75) is 33.1 Å². The average molecular weight is 204 g/mol. The van der Waals surface area contributed by atoms with Gasteiger partial charge in [0.25, 0.3) is 0 Å². The molecule has 0 saturated carbocycles. The molecule has 0 amide bonds. The van der Waals surface area contributed by atoms with Gasteiger partial charge in [-0.15, -0.1) is 10.2 Å². The predicted octanol–water partition coefficient (Wildman–Crippen LogP) is 1.96. The molecule has 4 heteroatoms. The second kappa shape index (κ2) is 3.88. The molecule has 0 bridgehead atoms. The van der Waals surface area contributed by atoms with Crippen LogP contribution in [0.3, 0.4) is 0 Å². The zero-order chi connectivity index (χ0) is 10.8. The van der Waals surface area contributed by atoms with Crippen molar-refractivity contribution in [2.24, 2.45) is 0 Å². The Kier molecular flexibility index (Phi) is 2.58. The summed E-state index contributed by atoms with van der Waals surface area (Å²) in [7, 11) is 0. The lowest BCUT2D eigenvalue weighted by Gasteiger charge is -2.04. The third-order valence-electron chi connectivity index (χ3n) is 2.60. The van der Waals surface area contributed by atoms with Crippen molar-refractivity contribution in [1.29, 1.82) is 0 Å². The molecule has 0 spiro atoms. The Morgan fingerprint density at radius 1 is 1.33 bits per heavy atom. The highest BCUT2D eigenvalue weighted by Gasteiger charge is 2.08. The molecule has 0 saturated heterocycles. The van der Waals surface area contributed by atoms with Crippen molar-refractivity contribution < 1.29 is 0 Å². The van der Waals surface area contributed by atoms with Crippen molar-refractivity contribution in [2.75, 3.05) is 5.73 Å². The molecule has 4 nitrogen and oxygen atoms in total. The van der Waals surface area contributed by atoms with Crippen LogP contribution in [0.15, 0.2) is 12.1 Å². The number of aromatic nitrogens is 3. The third-order valence-corrected chi connectivity index (χ3v) is 2.60. The minimum absolute atomic E-state index is 0.691. The number of anilines is 1. The molecule has 80 valence electrons. The third kappa shape index (κ3) is 1.67. The van der Waals surface area contributed by atoms with E-state index in [0.717, 1.165) is 36.4 Å². The van der Waals surface area contributed by atoms with Crippen LogP contribution in [0.25, 0.3) is 5.65 Å². The van der Waals surface area contributed by atoms with E-state index in [9.17, 15) is 0 Å². The number of hydrogen-bond donors (Lipinski definition) is 1. The van der Waals surface area contributed by atoms with E-state index in [2.05, 4.69) is 17.1 Å². The number of rotatable bonds is 3. The maximum absolute atomic E-state index is 5.84. The first kappa shape index (κ1) is 9.96. The quantitative estimate of drug-likeness (QED) is 0.831. The molecular formula is C11H16N4. The fraction of sp³-hybridized carbons (Fsp3) is 0.455. The molecule has 0 unspecified atom stereocenters. The van der Waals surface area contributed by atoms with Gasteiger partial charge in [0.05, 0.1) is 5.69 Å². The van der Waals surface area contributed by atoms with Gasteiger partial charge in [-0.3, -0.25) is 4.40 Å². The number of unbranched alkanes of at least 4 members (excludes halogenated alkanes) is 1. The van der Waals surface area contributed by atoms with Crippen LogP contribution < -0.4 is 5.73 Å². The molecule has 2 heterocycles. The molecule has 2 aromatic rings. The number of nitrogen functional groups attached to an aromatic ring is 1. The van der Waals surface area contributed by atoms with Gasteiger partial charge in [0.1, 0.15) is 5.82 Å². The van der Waals surface area contributed by atoms with Gasteiger partial charge in [-0.1, -0.05) is 13.3 Å². The maximum atomic E-state index is 5.84. The second-order valence-corrected chi connectivity index (χ2v) is 3.81. The Bertz CT molecular complexity index is 473. The van der Waals surface area contributed by atoms with Crippen LogP contribution in [0.2, 0.25) is 0 Å². The SMILES string of the molecule is CCCCc1nnc2c(N)ccc(C)n12. The smallest absolute Gasteiger partial charge is 0.184 e. The zero-order valence-corrected chi connectivity index (χ0v) is 9.20. The summed E-state index contributed by atoms with van der Waals surface area (Å²) in [4.78, 5) is 0. The van der Waals surface area contributed by atoms with Crippen LogP contribution >= 0.6 is 0 Å². The topological polar surface area (TPSA) is 56.2 Å². The lowest BCUT2D eigenvalue weighted by molar-refractivity contribution is 0.739. The normalized spacial score (nSPS) is 11.1. The van der Waals surface area contributed by atoms with Crippen molar-refractivity contribution in [3.63, 3.8) is 0 Å². The summed E-state index contributed by atoms with van der Waals surface area (Å²) >= 11 is 0. The summed E-state index contributed by atoms with van der Waals surface area (Å²) in [5.41, 5.74) is 8.45. The standard InChI is InChI=1S/C11H16N4/c1-3-4-5-10-13-14-11-9(12)7-6-8(2)15(10)11/h6-7H,3-5,12H2,1-2H3. The number of fused-ring (bicyclic) bond motifs is 1. The van der Waals surface area contributed by atoms with Gasteiger partial charge in [0.15, 0.2) is 5.65 Å². The summed E-state index contributed by atoms with van der Waals surface area (Å²) in [5, 5.41) is 8.31. The number of aryl methyl sites for hydroxylation is 2. The summed E-state index contributed by atoms with van der Waals surface area (Å²) in [5.74, 6) is 1.01. The summed E-state index contributed by atoms with van der Waals surface area (Å²) in [6, 6.07) is 3.88. The second-order valence-electron chi connectivity index (χ2n) is 3.81. The molecule has 0 aliphatic rings. The Labute approximate surface area is 89.1 Å². The molecule has 0 radical (unpaired) electrons. The molecule has 0 fully saturated rings. The fourth-order valence-electron chi connectivity index (χ4n) is 1.73. The molecular weight excluding hydrogens is 188 g/mol. The molecule has 2 N–H and O–H groups in total. The van der Waals surface area contributed by atoms with Gasteiger partial charge in [-0.05, 0) is 25.5 Å². The summed E-state index contributed by atoms with van der Waals surface area (Å²) in [6.45, 7) is 4.22. The van der Waals surface area contributed by atoms with E-state index in [1.54, 1.807) is 0 Å². The Hall–Kier alpha value is -1.58. The van der Waals surface area contributed by atoms with E-state index in [0.29, 0.717) is 5.69 Å². The highest BCUT2D eigenvalue weighted by Crippen LogP contribution is 2.16. The van der Waals surface area contributed by atoms with Crippen LogP contribution in [0.1, 0.15) is 31.3 Å². The maximum Gasteiger partial charge on any atom is 0.184 e. The van der Waals surface area contributed by atoms with E-state index >= 15 is 0 Å². The Balaban J connectivity index is 2.53. The van der Waals surface area contributed by atoms with Crippen LogP contribution in [0, 0.1) is 6.92 Å². The van der Waals surface area contributed by atoms with Crippen molar-refractivity contribution in [3.05, 3.63) is 23.7 Å². The van der Waals surface area contributed by atoms with Gasteiger partial charge < -0.3 is 5.73 Å². The van der Waals surface area contributed by atoms with E-state index in [1.165, 1.54) is 0 Å². The molecule has 2 aromatic heterocycles. The van der Waals surface area contributed by atoms with Gasteiger partial charge in [0, 0.05) is 12.1 Å². The van der Waals surface area contributed by atoms with Crippen LogP contribution in [0.5, 0.6) is 0 Å². The average Bonchev–Trinajstić information content (AvgIpc) is 2.65. The first-order chi connectivity index (χ1) is 7.24. The molecule has 2 rings (SSSR count). The van der Waals surface area contributed by atoms with Crippen molar-refractivity contribution in [1.82, 2.24) is 14.6 Å².